The molecule has 1 fully saturated rings. The van der Waals surface area contributed by atoms with Gasteiger partial charge in [0.15, 0.2) is 0 Å². The number of rotatable bonds is 8. The lowest BCUT2D eigenvalue weighted by Gasteiger charge is -2.23. The van der Waals surface area contributed by atoms with Gasteiger partial charge in [0.2, 0.25) is 41.2 Å². The number of Topliss-reactive ketones (excluding diaryl/α,β-unsaturated/α-hetero) is 1. The summed E-state index contributed by atoms with van der Waals surface area (Å²) in [6, 6.07) is -5.37. The highest BCUT2D eigenvalue weighted by Gasteiger charge is 2.30. The maximum atomic E-state index is 13.0. The van der Waals surface area contributed by atoms with Crippen molar-refractivity contribution in [2.24, 2.45) is 0 Å². The Morgan fingerprint density at radius 2 is 1.43 bits per heavy atom. The molecule has 1 rings (SSSR count). The Bertz CT molecular complexity index is 992. The van der Waals surface area contributed by atoms with Crippen molar-refractivity contribution in [1.82, 2.24) is 37.0 Å². The first-order valence-electron chi connectivity index (χ1n) is 13.1. The summed E-state index contributed by atoms with van der Waals surface area (Å²) in [6.45, 7) is 5.85. The van der Waals surface area contributed by atoms with Gasteiger partial charge >= 0.3 is 0 Å². The maximum Gasteiger partial charge on any atom is 0.290 e. The molecule has 0 bridgehead atoms. The number of nitrogens with one attached hydrogen (secondary N) is 7. The van der Waals surface area contributed by atoms with Gasteiger partial charge < -0.3 is 37.0 Å². The molecular formula is C24H40N7O8P. The zero-order valence-corrected chi connectivity index (χ0v) is 24.3. The van der Waals surface area contributed by atoms with Crippen molar-refractivity contribution in [3.8, 4) is 0 Å². The minimum absolute atomic E-state index is 0.0587. The molecule has 2 unspecified atom stereocenters. The van der Waals surface area contributed by atoms with Crippen LogP contribution in [0.2, 0.25) is 0 Å². The molecule has 7 amide bonds. The lowest BCUT2D eigenvalue weighted by molar-refractivity contribution is -0.141. The summed E-state index contributed by atoms with van der Waals surface area (Å²) in [5, 5.41) is 17.1. The number of hydrogen-bond acceptors (Lipinski definition) is 8. The predicted molar refractivity (Wildman–Crippen MR) is 146 cm³/mol. The van der Waals surface area contributed by atoms with Crippen molar-refractivity contribution >= 4 is 56.5 Å². The van der Waals surface area contributed by atoms with E-state index in [4.69, 9.17) is 0 Å². The van der Waals surface area contributed by atoms with E-state index in [0.29, 0.717) is 25.8 Å². The van der Waals surface area contributed by atoms with Crippen molar-refractivity contribution < 1.29 is 38.4 Å². The van der Waals surface area contributed by atoms with Gasteiger partial charge in [-0.15, -0.1) is 0 Å². The summed E-state index contributed by atoms with van der Waals surface area (Å²) in [5.41, 5.74) is 0. The topological polar surface area (TPSA) is 221 Å². The lowest BCUT2D eigenvalue weighted by Crippen LogP contribution is -2.57. The molecule has 1 saturated heterocycles. The second-order valence-electron chi connectivity index (χ2n) is 9.58. The van der Waals surface area contributed by atoms with E-state index in [1.54, 1.807) is 0 Å². The first-order valence-corrected chi connectivity index (χ1v) is 13.7. The second-order valence-corrected chi connectivity index (χ2v) is 9.87. The van der Waals surface area contributed by atoms with Crippen LogP contribution in [0.15, 0.2) is 0 Å². The normalized spacial score (nSPS) is 21.4. The van der Waals surface area contributed by atoms with Crippen molar-refractivity contribution in [2.75, 3.05) is 6.54 Å². The maximum absolute atomic E-state index is 13.0. The van der Waals surface area contributed by atoms with Crippen LogP contribution in [0, 0.1) is 0 Å². The number of ketones is 1. The van der Waals surface area contributed by atoms with Gasteiger partial charge in [0, 0.05) is 19.4 Å². The Kier molecular flexibility index (Phi) is 14.8. The van der Waals surface area contributed by atoms with Crippen LogP contribution in [0.25, 0.3) is 0 Å². The fourth-order valence-corrected chi connectivity index (χ4v) is 3.83. The van der Waals surface area contributed by atoms with Gasteiger partial charge in [0.05, 0.1) is 6.04 Å². The van der Waals surface area contributed by atoms with E-state index < -0.39 is 71.4 Å². The van der Waals surface area contributed by atoms with Crippen molar-refractivity contribution in [2.45, 2.75) is 96.4 Å². The third kappa shape index (κ3) is 12.1. The predicted octanol–water partition coefficient (Wildman–Crippen LogP) is -2.56. The molecule has 224 valence electrons. The van der Waals surface area contributed by atoms with Gasteiger partial charge in [-0.2, -0.15) is 0 Å². The van der Waals surface area contributed by atoms with Crippen molar-refractivity contribution in [3.63, 3.8) is 0 Å². The molecule has 0 spiro atoms. The summed E-state index contributed by atoms with van der Waals surface area (Å²) in [6.07, 6.45) is 1.70. The van der Waals surface area contributed by atoms with Crippen molar-refractivity contribution in [3.05, 3.63) is 0 Å². The van der Waals surface area contributed by atoms with Gasteiger partial charge in [-0.05, 0) is 62.8 Å². The Balaban J connectivity index is 2.80. The van der Waals surface area contributed by atoms with E-state index in [1.807, 2.05) is 9.39 Å². The monoisotopic (exact) mass is 585 g/mol. The first kappa shape index (κ1) is 34.4. The molecule has 16 heteroatoms. The van der Waals surface area contributed by atoms with Gasteiger partial charge in [-0.1, -0.05) is 0 Å². The number of carbonyl (C=O) groups excluding carboxylic acids is 8. The molecule has 1 aliphatic heterocycles. The molecular weight excluding hydrogens is 545 g/mol. The van der Waals surface area contributed by atoms with Gasteiger partial charge in [0.1, 0.15) is 24.2 Å². The van der Waals surface area contributed by atoms with E-state index in [2.05, 4.69) is 37.0 Å². The van der Waals surface area contributed by atoms with Crippen LogP contribution in [-0.2, 0) is 38.4 Å². The standard InChI is InChI=1S/C24H40N7O8P/c1-12(19(34)24(39)29-14(3)20(35)28-15(4)22(37)31-40)27-23(38)16-8-5-6-11-25-17(32)9-7-10-18(33)26-13(2)21(36)30-16/h12-16H,5-11,40H2,1-4H3,(H,25,32)(H,26,33)(H,27,38)(H,28,35)(H,29,39)(H,30,36)(H,31,37)/t12?,13-,14-,15-,16-/m0/s1. The Morgan fingerprint density at radius 1 is 0.800 bits per heavy atom. The van der Waals surface area contributed by atoms with E-state index in [-0.39, 0.29) is 25.2 Å². The average Bonchev–Trinajstić information content (AvgIpc) is 2.90. The minimum atomic E-state index is -1.30. The third-order valence-electron chi connectivity index (χ3n) is 6.06. The molecule has 7 N–H and O–H groups in total. The number of amides is 7. The van der Waals surface area contributed by atoms with Crippen LogP contribution in [0.4, 0.5) is 0 Å². The molecule has 0 radical (unpaired) electrons. The molecule has 40 heavy (non-hydrogen) atoms. The molecule has 0 aromatic rings. The SMILES string of the molecule is CC(NC(=O)[C@@H]1CCCCNC(=O)CCCC(=O)N[C@@H](C)C(=O)N1)C(=O)C(=O)N[C@@H](C)C(=O)N[C@@H](C)C(=O)NP. The molecule has 0 aromatic heterocycles. The Hall–Kier alpha value is -3.61. The van der Waals surface area contributed by atoms with Crippen LogP contribution in [0.3, 0.4) is 0 Å². The number of carbonyl (C=O) groups is 8. The molecule has 1 heterocycles. The fraction of sp³-hybridized carbons (Fsp3) is 0.667. The molecule has 15 nitrogen and oxygen atoms in total. The zero-order chi connectivity index (χ0) is 30.4. The van der Waals surface area contributed by atoms with Gasteiger partial charge in [0.25, 0.3) is 5.91 Å². The highest BCUT2D eigenvalue weighted by molar-refractivity contribution is 7.15. The molecule has 6 atom stereocenters. The zero-order valence-electron chi connectivity index (χ0n) is 23.2. The van der Waals surface area contributed by atoms with E-state index in [1.165, 1.54) is 27.7 Å². The van der Waals surface area contributed by atoms with Gasteiger partial charge in [-0.25, -0.2) is 0 Å². The molecule has 0 saturated carbocycles. The minimum Gasteiger partial charge on any atom is -0.356 e. The lowest BCUT2D eigenvalue weighted by atomic mass is 10.1. The summed E-state index contributed by atoms with van der Waals surface area (Å²) in [7, 11) is 2.00. The van der Waals surface area contributed by atoms with E-state index in [0.717, 1.165) is 0 Å². The Labute approximate surface area is 235 Å². The smallest absolute Gasteiger partial charge is 0.290 e. The average molecular weight is 586 g/mol. The summed E-state index contributed by atoms with van der Waals surface area (Å²) in [5.74, 6) is -5.29. The van der Waals surface area contributed by atoms with Crippen LogP contribution in [0.5, 0.6) is 0 Å². The van der Waals surface area contributed by atoms with Crippen LogP contribution >= 0.6 is 9.39 Å². The van der Waals surface area contributed by atoms with Gasteiger partial charge in [-0.3, -0.25) is 38.4 Å². The summed E-state index contributed by atoms with van der Waals surface area (Å²) < 4.78 is 0. The Morgan fingerprint density at radius 3 is 2.08 bits per heavy atom. The summed E-state index contributed by atoms with van der Waals surface area (Å²) in [4.78, 5) is 98.3. The first-order chi connectivity index (χ1) is 18.8. The molecule has 0 aromatic carbocycles. The quantitative estimate of drug-likeness (QED) is 0.118. The van der Waals surface area contributed by atoms with E-state index >= 15 is 0 Å². The largest absolute Gasteiger partial charge is 0.356 e. The van der Waals surface area contributed by atoms with Crippen molar-refractivity contribution in [1.29, 1.82) is 0 Å². The van der Waals surface area contributed by atoms with E-state index in [9.17, 15) is 38.4 Å². The molecule has 0 aliphatic carbocycles. The highest BCUT2D eigenvalue weighted by atomic mass is 31.0. The highest BCUT2D eigenvalue weighted by Crippen LogP contribution is 2.05. The number of hydrogen-bond donors (Lipinski definition) is 7. The summed E-state index contributed by atoms with van der Waals surface area (Å²) >= 11 is 0. The third-order valence-corrected chi connectivity index (χ3v) is 6.35. The van der Waals surface area contributed by atoms with Crippen LogP contribution < -0.4 is 37.0 Å². The van der Waals surface area contributed by atoms with Crippen LogP contribution in [0.1, 0.15) is 66.2 Å². The fourth-order valence-electron chi connectivity index (χ4n) is 3.58. The molecule has 1 aliphatic rings. The van der Waals surface area contributed by atoms with Crippen LogP contribution in [-0.4, -0.2) is 83.9 Å². The second kappa shape index (κ2) is 17.2.